The minimum atomic E-state index is -0.947. The van der Waals surface area contributed by atoms with Crippen LogP contribution in [0, 0.1) is 0 Å². The second-order valence-electron chi connectivity index (χ2n) is 6.25. The molecule has 0 bridgehead atoms. The van der Waals surface area contributed by atoms with Gasteiger partial charge in [0.1, 0.15) is 0 Å². The molecule has 5 heteroatoms. The van der Waals surface area contributed by atoms with Crippen LogP contribution in [0.2, 0.25) is 0 Å². The molecule has 0 heterocycles. The molecule has 0 aromatic rings. The van der Waals surface area contributed by atoms with Gasteiger partial charge in [-0.3, -0.25) is 4.79 Å². The summed E-state index contributed by atoms with van der Waals surface area (Å²) in [5.41, 5.74) is 2.90. The molecule has 1 N–H and O–H groups in total. The Hall–Kier alpha value is -1.10. The van der Waals surface area contributed by atoms with E-state index in [9.17, 15) is 14.7 Å². The van der Waals surface area contributed by atoms with E-state index >= 15 is 0 Å². The lowest BCUT2D eigenvalue weighted by Crippen LogP contribution is -2.51. The number of aliphatic carboxylic acids is 1. The minimum Gasteiger partial charge on any atom is -0.550 e. The van der Waals surface area contributed by atoms with E-state index in [1.54, 1.807) is 0 Å². The molecule has 0 aliphatic heterocycles. The molecule has 0 aromatic heterocycles. The number of rotatable bonds is 12. The third kappa shape index (κ3) is 15.0. The van der Waals surface area contributed by atoms with E-state index in [-0.39, 0.29) is 12.3 Å². The third-order valence-electron chi connectivity index (χ3n) is 2.99. The van der Waals surface area contributed by atoms with Crippen molar-refractivity contribution in [2.24, 2.45) is 0 Å². The van der Waals surface area contributed by atoms with E-state index in [0.29, 0.717) is 11.0 Å². The Kier molecular flexibility index (Phi) is 10.1. The number of carbonyl (C=O) groups is 2. The highest BCUT2D eigenvalue weighted by atomic mass is 16.4. The van der Waals surface area contributed by atoms with Gasteiger partial charge in [0.25, 0.3) is 5.91 Å². The Morgan fingerprint density at radius 1 is 0.800 bits per heavy atom. The fourth-order valence-corrected chi connectivity index (χ4v) is 2.05. The number of hydrogen-bond acceptors (Lipinski definition) is 3. The summed E-state index contributed by atoms with van der Waals surface area (Å²) in [6.45, 7) is 0. The number of nitrogens with zero attached hydrogens (tertiary/aromatic N) is 1. The predicted molar refractivity (Wildman–Crippen MR) is 77.4 cm³/mol. The van der Waals surface area contributed by atoms with Crippen LogP contribution in [0.1, 0.15) is 64.2 Å². The van der Waals surface area contributed by atoms with Crippen LogP contribution in [0.5, 0.6) is 0 Å². The fourth-order valence-electron chi connectivity index (χ4n) is 2.05. The Morgan fingerprint density at radius 3 is 1.60 bits per heavy atom. The minimum absolute atomic E-state index is 0.111. The molecule has 0 aliphatic carbocycles. The summed E-state index contributed by atoms with van der Waals surface area (Å²) in [7, 11) is 5.79. The number of carboxylic acids is 1. The summed E-state index contributed by atoms with van der Waals surface area (Å²) in [5, 5.41) is 10.2. The van der Waals surface area contributed by atoms with Crippen LogP contribution in [0.15, 0.2) is 0 Å². The van der Waals surface area contributed by atoms with Crippen LogP contribution in [-0.4, -0.2) is 37.6 Å². The van der Waals surface area contributed by atoms with Crippen LogP contribution in [-0.2, 0) is 9.59 Å². The highest BCUT2D eigenvalue weighted by molar-refractivity contribution is 5.74. The zero-order valence-corrected chi connectivity index (χ0v) is 13.2. The van der Waals surface area contributed by atoms with Crippen molar-refractivity contribution in [2.75, 3.05) is 21.1 Å². The quantitative estimate of drug-likeness (QED) is 0.335. The predicted octanol–water partition coefficient (Wildman–Crippen LogP) is 1.37. The number of carbonyl (C=O) groups excluding carboxylic acids is 2. The van der Waals surface area contributed by atoms with Crippen LogP contribution in [0.25, 0.3) is 0 Å². The van der Waals surface area contributed by atoms with Crippen molar-refractivity contribution >= 4 is 11.9 Å². The molecule has 0 fully saturated rings. The number of amides is 1. The summed E-state index contributed by atoms with van der Waals surface area (Å²) in [5.74, 6) is -0.836. The van der Waals surface area contributed by atoms with Gasteiger partial charge in [0, 0.05) is 12.4 Å². The smallest absolute Gasteiger partial charge is 0.264 e. The van der Waals surface area contributed by atoms with Gasteiger partial charge in [0.2, 0.25) is 0 Å². The highest BCUT2D eigenvalue weighted by Gasteiger charge is 2.11. The number of nitrogens with one attached hydrogen (secondary N) is 1. The second kappa shape index (κ2) is 10.7. The molecule has 0 saturated heterocycles. The normalized spacial score (nSPS) is 11.3. The van der Waals surface area contributed by atoms with Crippen molar-refractivity contribution in [2.45, 2.75) is 64.2 Å². The molecule has 0 saturated carbocycles. The lowest BCUT2D eigenvalue weighted by atomic mass is 10.1. The largest absolute Gasteiger partial charge is 0.550 e. The van der Waals surface area contributed by atoms with Crippen molar-refractivity contribution in [1.82, 2.24) is 5.43 Å². The summed E-state index contributed by atoms with van der Waals surface area (Å²) >= 11 is 0. The molecule has 0 unspecified atom stereocenters. The molecular weight excluding hydrogens is 256 g/mol. The summed E-state index contributed by atoms with van der Waals surface area (Å²) in [6.07, 6.45) is 9.07. The standard InChI is InChI=1S/C15H30N2O3/c1-17(2,3)16-14(18)12-10-8-6-4-5-7-9-11-13-15(19)20/h4-13H2,1-3H3,(H-,16,18,19,20). The molecule has 118 valence electrons. The Balaban J connectivity index is 3.25. The average Bonchev–Trinajstić information content (AvgIpc) is 2.28. The van der Waals surface area contributed by atoms with Crippen molar-refractivity contribution in [1.29, 1.82) is 0 Å². The zero-order valence-electron chi connectivity index (χ0n) is 13.2. The molecule has 0 rings (SSSR count). The van der Waals surface area contributed by atoms with Crippen molar-refractivity contribution in [3.63, 3.8) is 0 Å². The van der Waals surface area contributed by atoms with Gasteiger partial charge in [-0.2, -0.15) is 0 Å². The molecule has 0 aromatic carbocycles. The van der Waals surface area contributed by atoms with Crippen molar-refractivity contribution < 1.29 is 19.3 Å². The van der Waals surface area contributed by atoms with E-state index in [4.69, 9.17) is 0 Å². The van der Waals surface area contributed by atoms with E-state index in [1.807, 2.05) is 21.1 Å². The van der Waals surface area contributed by atoms with Gasteiger partial charge in [-0.15, -0.1) is 0 Å². The van der Waals surface area contributed by atoms with Crippen LogP contribution in [0.4, 0.5) is 0 Å². The maximum atomic E-state index is 11.5. The maximum absolute atomic E-state index is 11.5. The summed E-state index contributed by atoms with van der Waals surface area (Å²) in [6, 6.07) is 0. The lowest BCUT2D eigenvalue weighted by Gasteiger charge is -2.23. The van der Waals surface area contributed by atoms with E-state index < -0.39 is 5.97 Å². The molecule has 0 atom stereocenters. The van der Waals surface area contributed by atoms with Crippen LogP contribution < -0.4 is 10.5 Å². The summed E-state index contributed by atoms with van der Waals surface area (Å²) in [4.78, 5) is 21.7. The zero-order chi connectivity index (χ0) is 15.4. The van der Waals surface area contributed by atoms with Gasteiger partial charge in [0.15, 0.2) is 0 Å². The molecule has 5 nitrogen and oxygen atoms in total. The van der Waals surface area contributed by atoms with E-state index in [1.165, 1.54) is 6.42 Å². The second-order valence-corrected chi connectivity index (χ2v) is 6.25. The first-order chi connectivity index (χ1) is 9.31. The lowest BCUT2D eigenvalue weighted by molar-refractivity contribution is -0.906. The topological polar surface area (TPSA) is 69.2 Å². The molecule has 20 heavy (non-hydrogen) atoms. The van der Waals surface area contributed by atoms with E-state index in [0.717, 1.165) is 44.9 Å². The first-order valence-corrected chi connectivity index (χ1v) is 7.63. The Morgan fingerprint density at radius 2 is 1.20 bits per heavy atom. The summed E-state index contributed by atoms with van der Waals surface area (Å²) < 4.78 is 0.463. The van der Waals surface area contributed by atoms with Crippen LogP contribution >= 0.6 is 0 Å². The van der Waals surface area contributed by atoms with Crippen molar-refractivity contribution in [3.05, 3.63) is 0 Å². The van der Waals surface area contributed by atoms with Gasteiger partial charge in [0.05, 0.1) is 21.1 Å². The highest BCUT2D eigenvalue weighted by Crippen LogP contribution is 2.10. The Labute approximate surface area is 122 Å². The van der Waals surface area contributed by atoms with Gasteiger partial charge in [-0.05, 0) is 19.3 Å². The Bertz CT molecular complexity index is 285. The first-order valence-electron chi connectivity index (χ1n) is 7.63. The van der Waals surface area contributed by atoms with Gasteiger partial charge in [-0.1, -0.05) is 38.5 Å². The molecule has 1 amide bonds. The number of carboxylic acid groups (broad SMARTS) is 1. The fraction of sp³-hybridized carbons (Fsp3) is 0.867. The number of quaternary nitrogens is 1. The first kappa shape index (κ1) is 18.9. The molecule has 0 radical (unpaired) electrons. The van der Waals surface area contributed by atoms with Gasteiger partial charge in [-0.25, -0.2) is 10.0 Å². The average molecular weight is 286 g/mol. The van der Waals surface area contributed by atoms with Crippen molar-refractivity contribution in [3.8, 4) is 0 Å². The third-order valence-corrected chi connectivity index (χ3v) is 2.99. The number of hydrogen-bond donors (Lipinski definition) is 1. The van der Waals surface area contributed by atoms with Gasteiger partial charge < -0.3 is 9.90 Å². The number of unbranched alkanes of at least 4 members (excludes halogenated alkanes) is 7. The molecule has 0 aliphatic rings. The maximum Gasteiger partial charge on any atom is 0.264 e. The van der Waals surface area contributed by atoms with E-state index in [2.05, 4.69) is 5.43 Å². The molecular formula is C15H30N2O3. The van der Waals surface area contributed by atoms with Gasteiger partial charge >= 0.3 is 0 Å². The molecule has 0 spiro atoms. The monoisotopic (exact) mass is 286 g/mol. The SMILES string of the molecule is C[N+](C)(C)NC(=O)CCCCCCCCCCC(=O)[O-]. The van der Waals surface area contributed by atoms with Crippen LogP contribution in [0.3, 0.4) is 0 Å².